The third-order valence-electron chi connectivity index (χ3n) is 2.82. The minimum atomic E-state index is -0.360. The first-order valence-corrected chi connectivity index (χ1v) is 7.49. The van der Waals surface area contributed by atoms with E-state index in [1.807, 2.05) is 30.0 Å². The molecule has 0 saturated carbocycles. The van der Waals surface area contributed by atoms with Crippen molar-refractivity contribution in [1.82, 2.24) is 5.32 Å². The lowest BCUT2D eigenvalue weighted by Crippen LogP contribution is -2.27. The Hall–Kier alpha value is -1.00. The van der Waals surface area contributed by atoms with Crippen LogP contribution in [0.25, 0.3) is 0 Å². The average Bonchev–Trinajstić information content (AvgIpc) is 2.37. The molecule has 4 heteroatoms. The highest BCUT2D eigenvalue weighted by molar-refractivity contribution is 7.99. The number of carbonyl (C=O) groups excluding carboxylic acids is 1. The standard InChI is InChI=1S/C14H22N2OS/c1-3-18-9-8-11(2)16-10-12-6-4-5-7-13(12)14(15)17/h4-7,11,16H,3,8-10H2,1-2H3,(H2,15,17). The van der Waals surface area contributed by atoms with E-state index in [1.54, 1.807) is 6.07 Å². The fraction of sp³-hybridized carbons (Fsp3) is 0.500. The Morgan fingerprint density at radius 1 is 1.44 bits per heavy atom. The van der Waals surface area contributed by atoms with Crippen LogP contribution in [0, 0.1) is 0 Å². The Bertz CT molecular complexity index is 382. The molecule has 0 saturated heterocycles. The fourth-order valence-corrected chi connectivity index (χ4v) is 2.51. The van der Waals surface area contributed by atoms with E-state index in [2.05, 4.69) is 19.2 Å². The van der Waals surface area contributed by atoms with E-state index in [-0.39, 0.29) is 5.91 Å². The molecule has 1 aromatic carbocycles. The highest BCUT2D eigenvalue weighted by Crippen LogP contribution is 2.09. The molecule has 0 heterocycles. The molecule has 3 N–H and O–H groups in total. The van der Waals surface area contributed by atoms with Crippen molar-refractivity contribution in [3.8, 4) is 0 Å². The maximum Gasteiger partial charge on any atom is 0.249 e. The van der Waals surface area contributed by atoms with E-state index in [1.165, 1.54) is 5.75 Å². The molecule has 18 heavy (non-hydrogen) atoms. The summed E-state index contributed by atoms with van der Waals surface area (Å²) >= 11 is 1.95. The summed E-state index contributed by atoms with van der Waals surface area (Å²) in [5.41, 5.74) is 6.93. The lowest BCUT2D eigenvalue weighted by molar-refractivity contribution is 0.0999. The highest BCUT2D eigenvalue weighted by atomic mass is 32.2. The van der Waals surface area contributed by atoms with E-state index in [9.17, 15) is 4.79 Å². The molecule has 1 amide bonds. The number of amides is 1. The van der Waals surface area contributed by atoms with E-state index >= 15 is 0 Å². The number of thioether (sulfide) groups is 1. The van der Waals surface area contributed by atoms with Crippen LogP contribution in [0.5, 0.6) is 0 Å². The van der Waals surface area contributed by atoms with Gasteiger partial charge in [-0.05, 0) is 36.5 Å². The molecule has 1 rings (SSSR count). The number of hydrogen-bond donors (Lipinski definition) is 2. The van der Waals surface area contributed by atoms with Crippen LogP contribution in [-0.4, -0.2) is 23.5 Å². The Kier molecular flexibility index (Phi) is 6.83. The summed E-state index contributed by atoms with van der Waals surface area (Å²) in [7, 11) is 0. The zero-order chi connectivity index (χ0) is 13.4. The molecule has 1 atom stereocenters. The van der Waals surface area contributed by atoms with Gasteiger partial charge < -0.3 is 11.1 Å². The number of carbonyl (C=O) groups is 1. The summed E-state index contributed by atoms with van der Waals surface area (Å²) in [6.45, 7) is 5.03. The van der Waals surface area contributed by atoms with Crippen LogP contribution in [0.2, 0.25) is 0 Å². The minimum Gasteiger partial charge on any atom is -0.366 e. The van der Waals surface area contributed by atoms with Gasteiger partial charge in [0.05, 0.1) is 0 Å². The predicted molar refractivity (Wildman–Crippen MR) is 78.9 cm³/mol. The number of rotatable bonds is 8. The monoisotopic (exact) mass is 266 g/mol. The molecule has 1 aromatic rings. The lowest BCUT2D eigenvalue weighted by atomic mass is 10.1. The summed E-state index contributed by atoms with van der Waals surface area (Å²) in [5, 5.41) is 3.43. The van der Waals surface area contributed by atoms with Crippen LogP contribution in [0.1, 0.15) is 36.2 Å². The van der Waals surface area contributed by atoms with Crippen molar-refractivity contribution in [2.24, 2.45) is 5.73 Å². The number of primary amides is 1. The third kappa shape index (κ3) is 5.10. The molecule has 0 aliphatic rings. The van der Waals surface area contributed by atoms with Crippen LogP contribution in [-0.2, 0) is 6.54 Å². The second kappa shape index (κ2) is 8.16. The summed E-state index contributed by atoms with van der Waals surface area (Å²) < 4.78 is 0. The molecule has 0 aliphatic carbocycles. The van der Waals surface area contributed by atoms with Gasteiger partial charge in [0.2, 0.25) is 5.91 Å². The van der Waals surface area contributed by atoms with Crippen molar-refractivity contribution in [1.29, 1.82) is 0 Å². The minimum absolute atomic E-state index is 0.360. The lowest BCUT2D eigenvalue weighted by Gasteiger charge is -2.14. The SMILES string of the molecule is CCSCCC(C)NCc1ccccc1C(N)=O. The maximum absolute atomic E-state index is 11.3. The first-order chi connectivity index (χ1) is 8.65. The van der Waals surface area contributed by atoms with Crippen LogP contribution >= 0.6 is 11.8 Å². The molecule has 100 valence electrons. The van der Waals surface area contributed by atoms with Crippen LogP contribution in [0.4, 0.5) is 0 Å². The zero-order valence-electron chi connectivity index (χ0n) is 11.1. The van der Waals surface area contributed by atoms with Gasteiger partial charge in [-0.25, -0.2) is 0 Å². The second-order valence-corrected chi connectivity index (χ2v) is 5.68. The van der Waals surface area contributed by atoms with Crippen LogP contribution in [0.15, 0.2) is 24.3 Å². The Morgan fingerprint density at radius 3 is 2.83 bits per heavy atom. The molecule has 3 nitrogen and oxygen atoms in total. The Morgan fingerprint density at radius 2 is 2.17 bits per heavy atom. The fourth-order valence-electron chi connectivity index (χ4n) is 1.71. The number of hydrogen-bond acceptors (Lipinski definition) is 3. The van der Waals surface area contributed by atoms with Crippen LogP contribution in [0.3, 0.4) is 0 Å². The summed E-state index contributed by atoms with van der Waals surface area (Å²) in [6.07, 6.45) is 1.14. The van der Waals surface area contributed by atoms with Crippen LogP contribution < -0.4 is 11.1 Å². The van der Waals surface area contributed by atoms with E-state index in [0.29, 0.717) is 18.2 Å². The summed E-state index contributed by atoms with van der Waals surface area (Å²) in [6, 6.07) is 7.94. The number of nitrogens with two attached hydrogens (primary N) is 1. The molecule has 0 aromatic heterocycles. The Labute approximate surface area is 114 Å². The first-order valence-electron chi connectivity index (χ1n) is 6.34. The average molecular weight is 266 g/mol. The van der Waals surface area contributed by atoms with E-state index in [4.69, 9.17) is 5.73 Å². The van der Waals surface area contributed by atoms with E-state index < -0.39 is 0 Å². The van der Waals surface area contributed by atoms with Crippen molar-refractivity contribution in [2.75, 3.05) is 11.5 Å². The van der Waals surface area contributed by atoms with Gasteiger partial charge >= 0.3 is 0 Å². The summed E-state index contributed by atoms with van der Waals surface area (Å²) in [4.78, 5) is 11.3. The normalized spacial score (nSPS) is 12.3. The van der Waals surface area contributed by atoms with Crippen molar-refractivity contribution in [3.05, 3.63) is 35.4 Å². The van der Waals surface area contributed by atoms with Gasteiger partial charge in [0.25, 0.3) is 0 Å². The van der Waals surface area contributed by atoms with E-state index in [0.717, 1.165) is 17.7 Å². The number of nitrogens with one attached hydrogen (secondary N) is 1. The molecule has 0 fully saturated rings. The van der Waals surface area contributed by atoms with Gasteiger partial charge in [0.1, 0.15) is 0 Å². The smallest absolute Gasteiger partial charge is 0.249 e. The first kappa shape index (κ1) is 15.1. The van der Waals surface area contributed by atoms with Crippen molar-refractivity contribution in [3.63, 3.8) is 0 Å². The quantitative estimate of drug-likeness (QED) is 0.710. The molecular weight excluding hydrogens is 244 g/mol. The zero-order valence-corrected chi connectivity index (χ0v) is 11.9. The Balaban J connectivity index is 2.45. The van der Waals surface area contributed by atoms with Crippen molar-refractivity contribution < 1.29 is 4.79 Å². The largest absolute Gasteiger partial charge is 0.366 e. The topological polar surface area (TPSA) is 55.1 Å². The maximum atomic E-state index is 11.3. The van der Waals surface area contributed by atoms with Gasteiger partial charge in [0.15, 0.2) is 0 Å². The van der Waals surface area contributed by atoms with Gasteiger partial charge in [0, 0.05) is 18.2 Å². The van der Waals surface area contributed by atoms with Crippen molar-refractivity contribution >= 4 is 17.7 Å². The molecule has 0 spiro atoms. The number of benzene rings is 1. The molecule has 0 bridgehead atoms. The molecule has 0 radical (unpaired) electrons. The van der Waals surface area contributed by atoms with Gasteiger partial charge in [-0.15, -0.1) is 0 Å². The molecule has 0 aliphatic heterocycles. The highest BCUT2D eigenvalue weighted by Gasteiger charge is 2.08. The molecule has 1 unspecified atom stereocenters. The predicted octanol–water partition coefficient (Wildman–Crippen LogP) is 2.41. The van der Waals surface area contributed by atoms with Gasteiger partial charge in [-0.3, -0.25) is 4.79 Å². The molecular formula is C14H22N2OS. The van der Waals surface area contributed by atoms with Gasteiger partial charge in [-0.2, -0.15) is 11.8 Å². The second-order valence-electron chi connectivity index (χ2n) is 4.29. The van der Waals surface area contributed by atoms with Crippen molar-refractivity contribution in [2.45, 2.75) is 32.9 Å². The van der Waals surface area contributed by atoms with Gasteiger partial charge in [-0.1, -0.05) is 25.1 Å². The third-order valence-corrected chi connectivity index (χ3v) is 3.76. The summed E-state index contributed by atoms with van der Waals surface area (Å²) in [5.74, 6) is 1.97.